The van der Waals surface area contributed by atoms with Gasteiger partial charge in [-0.3, -0.25) is 9.59 Å². The van der Waals surface area contributed by atoms with Crippen molar-refractivity contribution in [3.63, 3.8) is 0 Å². The van der Waals surface area contributed by atoms with Gasteiger partial charge >= 0.3 is 0 Å². The zero-order chi connectivity index (χ0) is 10.1. The molecule has 0 radical (unpaired) electrons. The van der Waals surface area contributed by atoms with E-state index in [0.29, 0.717) is 6.41 Å². The summed E-state index contributed by atoms with van der Waals surface area (Å²) >= 11 is 0. The lowest BCUT2D eigenvalue weighted by atomic mass is 9.83. The molecule has 1 atom stereocenters. The molecule has 0 unspecified atom stereocenters. The van der Waals surface area contributed by atoms with Crippen LogP contribution in [0.2, 0.25) is 0 Å². The Balaban J connectivity index is 2.71. The smallest absolute Gasteiger partial charge is 0.207 e. The molecule has 0 aromatic heterocycles. The molecule has 0 aromatic rings. The van der Waals surface area contributed by atoms with Crippen LogP contribution in [0.1, 0.15) is 27.2 Å². The summed E-state index contributed by atoms with van der Waals surface area (Å²) in [4.78, 5) is 22.0. The van der Waals surface area contributed by atoms with Crippen molar-refractivity contribution in [1.29, 1.82) is 0 Å². The molecule has 1 rings (SSSR count). The van der Waals surface area contributed by atoms with Crippen LogP contribution in [0.5, 0.6) is 0 Å². The van der Waals surface area contributed by atoms with E-state index in [2.05, 4.69) is 5.32 Å². The highest BCUT2D eigenvalue weighted by Crippen LogP contribution is 2.28. The molecule has 0 saturated carbocycles. The fourth-order valence-electron chi connectivity index (χ4n) is 1.22. The van der Waals surface area contributed by atoms with E-state index in [-0.39, 0.29) is 11.2 Å². The Bertz CT molecular complexity index is 261. The predicted molar refractivity (Wildman–Crippen MR) is 50.1 cm³/mol. The second kappa shape index (κ2) is 3.32. The average molecular weight is 181 g/mol. The van der Waals surface area contributed by atoms with E-state index in [4.69, 9.17) is 0 Å². The van der Waals surface area contributed by atoms with Gasteiger partial charge in [0, 0.05) is 0 Å². The van der Waals surface area contributed by atoms with Gasteiger partial charge in [0.1, 0.15) is 0 Å². The molecule has 3 nitrogen and oxygen atoms in total. The van der Waals surface area contributed by atoms with E-state index < -0.39 is 6.04 Å². The van der Waals surface area contributed by atoms with Crippen molar-refractivity contribution < 1.29 is 9.59 Å². The second-order valence-electron chi connectivity index (χ2n) is 4.38. The molecule has 1 amide bonds. The number of hydrogen-bond donors (Lipinski definition) is 1. The van der Waals surface area contributed by atoms with E-state index in [1.54, 1.807) is 0 Å². The van der Waals surface area contributed by atoms with E-state index in [9.17, 15) is 9.59 Å². The quantitative estimate of drug-likeness (QED) is 0.659. The minimum Gasteiger partial charge on any atom is -0.348 e. The maximum absolute atomic E-state index is 11.7. The normalized spacial score (nSPS) is 17.3. The van der Waals surface area contributed by atoms with Crippen molar-refractivity contribution in [1.82, 2.24) is 5.32 Å². The van der Waals surface area contributed by atoms with Gasteiger partial charge in [-0.05, 0) is 17.4 Å². The zero-order valence-corrected chi connectivity index (χ0v) is 8.26. The van der Waals surface area contributed by atoms with Gasteiger partial charge in [-0.25, -0.2) is 0 Å². The molecule has 1 aliphatic carbocycles. The van der Waals surface area contributed by atoms with Gasteiger partial charge in [0.2, 0.25) is 6.41 Å². The molecule has 1 N–H and O–H groups in total. The topological polar surface area (TPSA) is 46.2 Å². The van der Waals surface area contributed by atoms with E-state index in [0.717, 1.165) is 12.0 Å². The Kier molecular flexibility index (Phi) is 2.55. The highest BCUT2D eigenvalue weighted by atomic mass is 16.1. The highest BCUT2D eigenvalue weighted by molar-refractivity contribution is 6.04. The van der Waals surface area contributed by atoms with Crippen molar-refractivity contribution in [2.45, 2.75) is 33.2 Å². The fraction of sp³-hybridized carbons (Fsp3) is 0.600. The van der Waals surface area contributed by atoms with Gasteiger partial charge in [0.25, 0.3) is 0 Å². The Morgan fingerprint density at radius 1 is 1.62 bits per heavy atom. The minimum atomic E-state index is -0.390. The molecule has 0 spiro atoms. The molecule has 72 valence electrons. The van der Waals surface area contributed by atoms with Gasteiger partial charge < -0.3 is 5.32 Å². The van der Waals surface area contributed by atoms with Crippen LogP contribution in [0.4, 0.5) is 0 Å². The number of allylic oxidation sites excluding steroid dienone is 1. The first-order valence-corrected chi connectivity index (χ1v) is 4.40. The van der Waals surface area contributed by atoms with Crippen molar-refractivity contribution in [3.8, 4) is 0 Å². The van der Waals surface area contributed by atoms with Crippen molar-refractivity contribution in [3.05, 3.63) is 11.6 Å². The number of hydrogen-bond acceptors (Lipinski definition) is 2. The van der Waals surface area contributed by atoms with Gasteiger partial charge in [0.05, 0.1) is 6.04 Å². The zero-order valence-electron chi connectivity index (χ0n) is 8.26. The van der Waals surface area contributed by atoms with Crippen LogP contribution < -0.4 is 5.32 Å². The Hall–Kier alpha value is -1.12. The SMILES string of the molecule is CC(C)(C)[C@H](NC=O)C(=O)C1=CC1. The molecule has 0 aliphatic heterocycles. The average Bonchev–Trinajstić information content (AvgIpc) is 2.78. The highest BCUT2D eigenvalue weighted by Gasteiger charge is 2.34. The Morgan fingerprint density at radius 3 is 2.46 bits per heavy atom. The monoisotopic (exact) mass is 181 g/mol. The number of Topliss-reactive ketones (excluding diaryl/α,β-unsaturated/α-hetero) is 1. The number of carbonyl (C=O) groups is 2. The lowest BCUT2D eigenvalue weighted by Crippen LogP contribution is -2.45. The van der Waals surface area contributed by atoms with Crippen molar-refractivity contribution >= 4 is 12.2 Å². The van der Waals surface area contributed by atoms with Gasteiger partial charge in [-0.15, -0.1) is 0 Å². The molecule has 1 aliphatic rings. The van der Waals surface area contributed by atoms with E-state index in [1.807, 2.05) is 26.8 Å². The first kappa shape index (κ1) is 9.96. The van der Waals surface area contributed by atoms with Gasteiger partial charge in [-0.2, -0.15) is 0 Å². The second-order valence-corrected chi connectivity index (χ2v) is 4.38. The van der Waals surface area contributed by atoms with Crippen LogP contribution in [-0.2, 0) is 9.59 Å². The summed E-state index contributed by atoms with van der Waals surface area (Å²) in [5.41, 5.74) is 0.621. The maximum Gasteiger partial charge on any atom is 0.207 e. The number of ketones is 1. The van der Waals surface area contributed by atoms with Crippen LogP contribution in [0.25, 0.3) is 0 Å². The van der Waals surface area contributed by atoms with E-state index in [1.165, 1.54) is 0 Å². The third-order valence-electron chi connectivity index (χ3n) is 2.09. The van der Waals surface area contributed by atoms with Gasteiger partial charge in [0.15, 0.2) is 5.78 Å². The van der Waals surface area contributed by atoms with E-state index >= 15 is 0 Å². The molecule has 0 heterocycles. The number of amides is 1. The fourth-order valence-corrected chi connectivity index (χ4v) is 1.22. The molecular weight excluding hydrogens is 166 g/mol. The minimum absolute atomic E-state index is 0.0552. The number of rotatable bonds is 4. The van der Waals surface area contributed by atoms with Crippen molar-refractivity contribution in [2.24, 2.45) is 5.41 Å². The lowest BCUT2D eigenvalue weighted by molar-refractivity contribution is -0.122. The molecule has 0 saturated heterocycles. The van der Waals surface area contributed by atoms with Crippen LogP contribution in [-0.4, -0.2) is 18.2 Å². The predicted octanol–water partition coefficient (Wildman–Crippen LogP) is 1.05. The molecule has 0 fully saturated rings. The molecule has 0 aromatic carbocycles. The summed E-state index contributed by atoms with van der Waals surface area (Å²) in [5, 5.41) is 2.57. The van der Waals surface area contributed by atoms with Crippen LogP contribution in [0.3, 0.4) is 0 Å². The maximum atomic E-state index is 11.7. The summed E-state index contributed by atoms with van der Waals surface area (Å²) in [7, 11) is 0. The van der Waals surface area contributed by atoms with Gasteiger partial charge in [-0.1, -0.05) is 26.8 Å². The summed E-state index contributed by atoms with van der Waals surface area (Å²) in [6.45, 7) is 5.82. The number of carbonyl (C=O) groups excluding carboxylic acids is 2. The summed E-state index contributed by atoms with van der Waals surface area (Å²) in [6.07, 6.45) is 3.26. The number of nitrogens with one attached hydrogen (secondary N) is 1. The van der Waals surface area contributed by atoms with Crippen LogP contribution in [0, 0.1) is 5.41 Å². The standard InChI is InChI=1S/C10H15NO2/c1-10(2,3)9(11-6-12)8(13)7-4-5-7/h4,6,9H,5H2,1-3H3,(H,11,12)/t9-/m1/s1. The third-order valence-corrected chi connectivity index (χ3v) is 2.09. The lowest BCUT2D eigenvalue weighted by Gasteiger charge is -2.28. The summed E-state index contributed by atoms with van der Waals surface area (Å²) < 4.78 is 0. The van der Waals surface area contributed by atoms with Crippen molar-refractivity contribution in [2.75, 3.05) is 0 Å². The van der Waals surface area contributed by atoms with Crippen LogP contribution in [0.15, 0.2) is 11.6 Å². The molecule has 3 heteroatoms. The van der Waals surface area contributed by atoms with Crippen LogP contribution >= 0.6 is 0 Å². The summed E-state index contributed by atoms with van der Waals surface area (Å²) in [6, 6.07) is -0.390. The molecule has 13 heavy (non-hydrogen) atoms. The Morgan fingerprint density at radius 2 is 2.15 bits per heavy atom. The third kappa shape index (κ3) is 2.41. The molecular formula is C10H15NO2. The first-order valence-electron chi connectivity index (χ1n) is 4.40. The largest absolute Gasteiger partial charge is 0.348 e. The first-order chi connectivity index (χ1) is 5.96. The molecule has 0 bridgehead atoms. The Labute approximate surface area is 78.2 Å². The summed E-state index contributed by atoms with van der Waals surface area (Å²) in [5.74, 6) is 0.0552.